The van der Waals surface area contributed by atoms with Gasteiger partial charge in [-0.3, -0.25) is 4.79 Å². The molecule has 0 amide bonds. The van der Waals surface area contributed by atoms with E-state index in [-0.39, 0.29) is 19.4 Å². The average molecular weight is 387 g/mol. The van der Waals surface area contributed by atoms with Crippen molar-refractivity contribution >= 4 is 5.97 Å². The first kappa shape index (κ1) is 19.5. The van der Waals surface area contributed by atoms with Gasteiger partial charge in [0.25, 0.3) is 0 Å². The molecule has 0 atom stereocenters. The number of nitrogens with zero attached hydrogens (tertiary/aromatic N) is 1. The van der Waals surface area contributed by atoms with Gasteiger partial charge in [-0.25, -0.2) is 8.78 Å². The van der Waals surface area contributed by atoms with Gasteiger partial charge in [0.1, 0.15) is 29.8 Å². The molecule has 1 aromatic heterocycles. The van der Waals surface area contributed by atoms with Crippen molar-refractivity contribution in [1.29, 1.82) is 0 Å². The van der Waals surface area contributed by atoms with Gasteiger partial charge >= 0.3 is 5.97 Å². The van der Waals surface area contributed by atoms with E-state index in [1.54, 1.807) is 32.0 Å². The van der Waals surface area contributed by atoms with Crippen LogP contribution in [0.4, 0.5) is 8.78 Å². The summed E-state index contributed by atoms with van der Waals surface area (Å²) in [5.74, 6) is -1.07. The molecule has 0 bridgehead atoms. The van der Waals surface area contributed by atoms with Crippen LogP contribution >= 0.6 is 0 Å². The lowest BCUT2D eigenvalue weighted by molar-refractivity contribution is -0.136. The van der Waals surface area contributed by atoms with E-state index >= 15 is 0 Å². The summed E-state index contributed by atoms with van der Waals surface area (Å²) in [5.41, 5.74) is 2.58. The van der Waals surface area contributed by atoms with E-state index < -0.39 is 17.6 Å². The molecule has 0 spiro atoms. The van der Waals surface area contributed by atoms with Crippen LogP contribution in [0.2, 0.25) is 0 Å². The van der Waals surface area contributed by atoms with Crippen molar-refractivity contribution in [1.82, 2.24) is 5.16 Å². The van der Waals surface area contributed by atoms with Crippen LogP contribution in [-0.4, -0.2) is 16.2 Å². The summed E-state index contributed by atoms with van der Waals surface area (Å²) in [6.45, 7) is 3.57. The Bertz CT molecular complexity index is 994. The number of aromatic nitrogens is 1. The normalized spacial score (nSPS) is 10.9. The van der Waals surface area contributed by atoms with E-state index in [4.69, 9.17) is 14.4 Å². The fourth-order valence-electron chi connectivity index (χ4n) is 2.95. The molecule has 3 rings (SSSR count). The van der Waals surface area contributed by atoms with Gasteiger partial charge in [-0.1, -0.05) is 17.3 Å². The second-order valence-corrected chi connectivity index (χ2v) is 6.45. The first-order valence-corrected chi connectivity index (χ1v) is 8.70. The Balaban J connectivity index is 1.74. The molecule has 1 heterocycles. The smallest absolute Gasteiger partial charge is 0.303 e. The Labute approximate surface area is 160 Å². The predicted octanol–water partition coefficient (Wildman–Crippen LogP) is 4.83. The SMILES string of the molecule is Cc1noc(C)c1-c1cc(COc2ccc(CCC(=O)O)c(F)c2)ccc1F. The number of carboxylic acid groups (broad SMARTS) is 1. The number of carbonyl (C=O) groups is 1. The minimum atomic E-state index is -0.981. The van der Waals surface area contributed by atoms with E-state index in [9.17, 15) is 13.6 Å². The number of carboxylic acids is 1. The number of aryl methyl sites for hydroxylation is 3. The lowest BCUT2D eigenvalue weighted by atomic mass is 10.0. The molecule has 1 N–H and O–H groups in total. The topological polar surface area (TPSA) is 72.6 Å². The van der Waals surface area contributed by atoms with Crippen LogP contribution < -0.4 is 4.74 Å². The van der Waals surface area contributed by atoms with Crippen molar-refractivity contribution in [2.24, 2.45) is 0 Å². The van der Waals surface area contributed by atoms with Gasteiger partial charge in [0.15, 0.2) is 0 Å². The van der Waals surface area contributed by atoms with Gasteiger partial charge in [0.05, 0.1) is 11.3 Å². The third kappa shape index (κ3) is 4.36. The Kier molecular flexibility index (Phi) is 5.73. The molecular formula is C21H19F2NO4. The summed E-state index contributed by atoms with van der Waals surface area (Å²) in [6, 6.07) is 8.89. The average Bonchev–Trinajstić information content (AvgIpc) is 2.98. The molecular weight excluding hydrogens is 368 g/mol. The molecule has 0 aliphatic heterocycles. The highest BCUT2D eigenvalue weighted by atomic mass is 19.1. The summed E-state index contributed by atoms with van der Waals surface area (Å²) < 4.78 is 39.1. The molecule has 0 unspecified atom stereocenters. The number of benzene rings is 2. The number of aliphatic carboxylic acids is 1. The third-order valence-corrected chi connectivity index (χ3v) is 4.37. The maximum Gasteiger partial charge on any atom is 0.303 e. The molecule has 0 aliphatic rings. The number of hydrogen-bond donors (Lipinski definition) is 1. The van der Waals surface area contributed by atoms with Crippen molar-refractivity contribution < 1.29 is 27.9 Å². The fraction of sp³-hybridized carbons (Fsp3) is 0.238. The van der Waals surface area contributed by atoms with Crippen molar-refractivity contribution in [3.8, 4) is 16.9 Å². The Morgan fingerprint density at radius 1 is 1.14 bits per heavy atom. The molecule has 146 valence electrons. The van der Waals surface area contributed by atoms with Gasteiger partial charge in [0, 0.05) is 18.1 Å². The van der Waals surface area contributed by atoms with E-state index in [0.717, 1.165) is 0 Å². The molecule has 0 aliphatic carbocycles. The molecule has 3 aromatic rings. The summed E-state index contributed by atoms with van der Waals surface area (Å²) in [6.07, 6.45) is -0.0304. The maximum atomic E-state index is 14.3. The molecule has 2 aromatic carbocycles. The van der Waals surface area contributed by atoms with Gasteiger partial charge in [-0.2, -0.15) is 0 Å². The van der Waals surface area contributed by atoms with Gasteiger partial charge < -0.3 is 14.4 Å². The van der Waals surface area contributed by atoms with Crippen molar-refractivity contribution in [2.45, 2.75) is 33.3 Å². The third-order valence-electron chi connectivity index (χ3n) is 4.37. The fourth-order valence-corrected chi connectivity index (χ4v) is 2.95. The quantitative estimate of drug-likeness (QED) is 0.628. The highest BCUT2D eigenvalue weighted by Gasteiger charge is 2.16. The van der Waals surface area contributed by atoms with Crippen LogP contribution in [0.3, 0.4) is 0 Å². The monoisotopic (exact) mass is 387 g/mol. The highest BCUT2D eigenvalue weighted by Crippen LogP contribution is 2.30. The number of ether oxygens (including phenoxy) is 1. The lowest BCUT2D eigenvalue weighted by Crippen LogP contribution is -2.01. The maximum absolute atomic E-state index is 14.3. The van der Waals surface area contributed by atoms with E-state index in [1.165, 1.54) is 18.2 Å². The van der Waals surface area contributed by atoms with Crippen LogP contribution in [0.1, 0.15) is 29.0 Å². The van der Waals surface area contributed by atoms with Crippen LogP contribution in [0.25, 0.3) is 11.1 Å². The van der Waals surface area contributed by atoms with E-state index in [2.05, 4.69) is 5.16 Å². The van der Waals surface area contributed by atoms with Crippen LogP contribution in [0, 0.1) is 25.5 Å². The summed E-state index contributed by atoms with van der Waals surface area (Å²) in [7, 11) is 0. The highest BCUT2D eigenvalue weighted by molar-refractivity contribution is 5.69. The molecule has 5 nitrogen and oxygen atoms in total. The molecule has 28 heavy (non-hydrogen) atoms. The second-order valence-electron chi connectivity index (χ2n) is 6.45. The standard InChI is InChI=1S/C21H19F2NO4/c1-12-21(13(2)28-24-12)17-9-14(3-7-18(17)22)11-27-16-6-4-15(19(23)10-16)5-8-20(25)26/h3-4,6-7,9-10H,5,8,11H2,1-2H3,(H,25,26). The van der Waals surface area contributed by atoms with Crippen molar-refractivity contribution in [2.75, 3.05) is 0 Å². The summed E-state index contributed by atoms with van der Waals surface area (Å²) >= 11 is 0. The van der Waals surface area contributed by atoms with Gasteiger partial charge in [-0.05, 0) is 49.6 Å². The Morgan fingerprint density at radius 2 is 1.93 bits per heavy atom. The minimum Gasteiger partial charge on any atom is -0.489 e. The second kappa shape index (κ2) is 8.21. The number of rotatable bonds is 7. The molecule has 0 saturated carbocycles. The molecule has 0 fully saturated rings. The first-order chi connectivity index (χ1) is 13.3. The number of hydrogen-bond acceptors (Lipinski definition) is 4. The Morgan fingerprint density at radius 3 is 2.57 bits per heavy atom. The zero-order valence-corrected chi connectivity index (χ0v) is 15.5. The predicted molar refractivity (Wildman–Crippen MR) is 98.1 cm³/mol. The summed E-state index contributed by atoms with van der Waals surface area (Å²) in [4.78, 5) is 10.6. The zero-order valence-electron chi connectivity index (χ0n) is 15.5. The largest absolute Gasteiger partial charge is 0.489 e. The van der Waals surface area contributed by atoms with Gasteiger partial charge in [0.2, 0.25) is 0 Å². The van der Waals surface area contributed by atoms with E-state index in [0.29, 0.717) is 39.5 Å². The molecule has 0 radical (unpaired) electrons. The van der Waals surface area contributed by atoms with Crippen LogP contribution in [0.5, 0.6) is 5.75 Å². The first-order valence-electron chi connectivity index (χ1n) is 8.70. The summed E-state index contributed by atoms with van der Waals surface area (Å²) in [5, 5.41) is 12.5. The lowest BCUT2D eigenvalue weighted by Gasteiger charge is -2.10. The zero-order chi connectivity index (χ0) is 20.3. The van der Waals surface area contributed by atoms with Crippen molar-refractivity contribution in [3.05, 3.63) is 70.6 Å². The minimum absolute atomic E-state index is 0.111. The van der Waals surface area contributed by atoms with Crippen molar-refractivity contribution in [3.63, 3.8) is 0 Å². The molecule has 7 heteroatoms. The number of halogens is 2. The van der Waals surface area contributed by atoms with Gasteiger partial charge in [-0.15, -0.1) is 0 Å². The molecule has 0 saturated heterocycles. The van der Waals surface area contributed by atoms with Crippen LogP contribution in [0.15, 0.2) is 40.9 Å². The van der Waals surface area contributed by atoms with E-state index in [1.807, 2.05) is 0 Å². The Hall–Kier alpha value is -3.22. The van der Waals surface area contributed by atoms with Crippen LogP contribution in [-0.2, 0) is 17.8 Å².